The molecule has 0 radical (unpaired) electrons. The Morgan fingerprint density at radius 1 is 1.04 bits per heavy atom. The Morgan fingerprint density at radius 2 is 1.85 bits per heavy atom. The molecule has 0 aliphatic rings. The van der Waals surface area contributed by atoms with Crippen molar-refractivity contribution in [3.8, 4) is 6.07 Å². The minimum Gasteiger partial charge on any atom is -0.340 e. The van der Waals surface area contributed by atoms with Crippen molar-refractivity contribution in [1.82, 2.24) is 14.5 Å². The monoisotopic (exact) mass is 353 g/mol. The van der Waals surface area contributed by atoms with E-state index in [-0.39, 0.29) is 0 Å². The van der Waals surface area contributed by atoms with Gasteiger partial charge in [0.15, 0.2) is 0 Å². The maximum absolute atomic E-state index is 9.12. The minimum atomic E-state index is 0.611. The third kappa shape index (κ3) is 3.13. The predicted octanol–water partition coefficient (Wildman–Crippen LogP) is 4.71. The van der Waals surface area contributed by atoms with Crippen molar-refractivity contribution in [3.63, 3.8) is 0 Å². The number of anilines is 2. The maximum Gasteiger partial charge on any atom is 0.146 e. The molecular formula is C22H19N5. The summed E-state index contributed by atoms with van der Waals surface area (Å²) in [5, 5.41) is 13.5. The van der Waals surface area contributed by atoms with E-state index in [1.807, 2.05) is 36.4 Å². The molecule has 2 aromatic heterocycles. The maximum atomic E-state index is 9.12. The number of benzene rings is 2. The summed E-state index contributed by atoms with van der Waals surface area (Å²) >= 11 is 0. The van der Waals surface area contributed by atoms with E-state index in [2.05, 4.69) is 51.9 Å². The SMILES string of the molecule is Cc1c(C)n(Cc2ccccc2)c2ncnc(Nc3cccc(C#N)c3)c12. The van der Waals surface area contributed by atoms with Gasteiger partial charge in [0.1, 0.15) is 17.8 Å². The second-order valence-electron chi connectivity index (χ2n) is 6.52. The molecule has 0 amide bonds. The van der Waals surface area contributed by atoms with Gasteiger partial charge in [0.25, 0.3) is 0 Å². The molecule has 2 aromatic carbocycles. The Kier molecular flexibility index (Phi) is 4.31. The molecular weight excluding hydrogens is 334 g/mol. The van der Waals surface area contributed by atoms with Gasteiger partial charge in [0, 0.05) is 17.9 Å². The highest BCUT2D eigenvalue weighted by molar-refractivity contribution is 5.93. The number of rotatable bonds is 4. The van der Waals surface area contributed by atoms with Crippen molar-refractivity contribution in [3.05, 3.63) is 83.3 Å². The number of hydrogen-bond acceptors (Lipinski definition) is 4. The van der Waals surface area contributed by atoms with Gasteiger partial charge in [-0.1, -0.05) is 36.4 Å². The summed E-state index contributed by atoms with van der Waals surface area (Å²) < 4.78 is 2.22. The summed E-state index contributed by atoms with van der Waals surface area (Å²) in [5.41, 5.74) is 5.90. The number of hydrogen-bond donors (Lipinski definition) is 1. The number of aromatic nitrogens is 3. The normalized spacial score (nSPS) is 10.7. The number of fused-ring (bicyclic) bond motifs is 1. The molecule has 0 aliphatic carbocycles. The number of aryl methyl sites for hydroxylation is 1. The van der Waals surface area contributed by atoms with Crippen LogP contribution < -0.4 is 5.32 Å². The molecule has 1 N–H and O–H groups in total. The Balaban J connectivity index is 1.79. The molecule has 0 bridgehead atoms. The van der Waals surface area contributed by atoms with Gasteiger partial charge in [-0.2, -0.15) is 5.26 Å². The molecule has 2 heterocycles. The van der Waals surface area contributed by atoms with Gasteiger partial charge in [-0.25, -0.2) is 9.97 Å². The summed E-state index contributed by atoms with van der Waals surface area (Å²) in [4.78, 5) is 9.02. The van der Waals surface area contributed by atoms with Crippen LogP contribution in [0.4, 0.5) is 11.5 Å². The zero-order valence-electron chi connectivity index (χ0n) is 15.3. The Bertz CT molecular complexity index is 1150. The average molecular weight is 353 g/mol. The number of nitrogens with one attached hydrogen (secondary N) is 1. The van der Waals surface area contributed by atoms with Crippen LogP contribution in [0.15, 0.2) is 60.9 Å². The van der Waals surface area contributed by atoms with Crippen LogP contribution in [-0.2, 0) is 6.54 Å². The van der Waals surface area contributed by atoms with E-state index in [0.717, 1.165) is 34.6 Å². The topological polar surface area (TPSA) is 66.5 Å². The lowest BCUT2D eigenvalue weighted by Crippen LogP contribution is -2.03. The van der Waals surface area contributed by atoms with E-state index in [1.165, 1.54) is 11.3 Å². The van der Waals surface area contributed by atoms with E-state index in [9.17, 15) is 0 Å². The highest BCUT2D eigenvalue weighted by Crippen LogP contribution is 2.31. The van der Waals surface area contributed by atoms with Crippen molar-refractivity contribution in [2.24, 2.45) is 0 Å². The van der Waals surface area contributed by atoms with Crippen molar-refractivity contribution in [2.75, 3.05) is 5.32 Å². The fraction of sp³-hybridized carbons (Fsp3) is 0.136. The van der Waals surface area contributed by atoms with E-state index < -0.39 is 0 Å². The lowest BCUT2D eigenvalue weighted by Gasteiger charge is -2.09. The standard InChI is InChI=1S/C22H19N5/c1-15-16(2)27(13-17-7-4-3-5-8-17)22-20(15)21(24-14-25-22)26-19-10-6-9-18(11-19)12-23/h3-11,14H,13H2,1-2H3,(H,24,25,26). The lowest BCUT2D eigenvalue weighted by molar-refractivity contribution is 0.790. The largest absolute Gasteiger partial charge is 0.340 e. The van der Waals surface area contributed by atoms with Crippen LogP contribution in [-0.4, -0.2) is 14.5 Å². The average Bonchev–Trinajstić information content (AvgIpc) is 2.95. The Hall–Kier alpha value is -3.65. The molecule has 0 spiro atoms. The van der Waals surface area contributed by atoms with E-state index in [1.54, 1.807) is 12.4 Å². The molecule has 0 fully saturated rings. The van der Waals surface area contributed by atoms with Gasteiger partial charge in [-0.05, 0) is 43.2 Å². The molecule has 0 unspecified atom stereocenters. The molecule has 0 aliphatic heterocycles. The van der Waals surface area contributed by atoms with Gasteiger partial charge in [0.2, 0.25) is 0 Å². The molecule has 27 heavy (non-hydrogen) atoms. The fourth-order valence-electron chi connectivity index (χ4n) is 3.33. The fourth-order valence-corrected chi connectivity index (χ4v) is 3.33. The van der Waals surface area contributed by atoms with Crippen LogP contribution in [0.25, 0.3) is 11.0 Å². The Labute approximate surface area is 157 Å². The van der Waals surface area contributed by atoms with Crippen LogP contribution in [0.2, 0.25) is 0 Å². The minimum absolute atomic E-state index is 0.611. The van der Waals surface area contributed by atoms with Crippen molar-refractivity contribution >= 4 is 22.5 Å². The first kappa shape index (κ1) is 16.8. The molecule has 0 saturated heterocycles. The third-order valence-corrected chi connectivity index (χ3v) is 4.84. The van der Waals surface area contributed by atoms with Gasteiger partial charge in [-0.15, -0.1) is 0 Å². The quantitative estimate of drug-likeness (QED) is 0.577. The highest BCUT2D eigenvalue weighted by atomic mass is 15.1. The van der Waals surface area contributed by atoms with Gasteiger partial charge in [0.05, 0.1) is 17.0 Å². The molecule has 4 aromatic rings. The zero-order valence-corrected chi connectivity index (χ0v) is 15.3. The van der Waals surface area contributed by atoms with Crippen LogP contribution in [0.1, 0.15) is 22.4 Å². The predicted molar refractivity (Wildman–Crippen MR) is 107 cm³/mol. The summed E-state index contributed by atoms with van der Waals surface area (Å²) in [5.74, 6) is 0.752. The van der Waals surface area contributed by atoms with Gasteiger partial charge in [-0.3, -0.25) is 0 Å². The highest BCUT2D eigenvalue weighted by Gasteiger charge is 2.17. The summed E-state index contributed by atoms with van der Waals surface area (Å²) in [6, 6.07) is 19.9. The molecule has 4 rings (SSSR count). The second-order valence-corrected chi connectivity index (χ2v) is 6.52. The second kappa shape index (κ2) is 6.93. The van der Waals surface area contributed by atoms with Crippen LogP contribution >= 0.6 is 0 Å². The van der Waals surface area contributed by atoms with Gasteiger partial charge < -0.3 is 9.88 Å². The van der Waals surface area contributed by atoms with Crippen LogP contribution in [0.5, 0.6) is 0 Å². The van der Waals surface area contributed by atoms with E-state index >= 15 is 0 Å². The molecule has 5 nitrogen and oxygen atoms in total. The van der Waals surface area contributed by atoms with Crippen molar-refractivity contribution in [2.45, 2.75) is 20.4 Å². The smallest absolute Gasteiger partial charge is 0.146 e. The third-order valence-electron chi connectivity index (χ3n) is 4.84. The summed E-state index contributed by atoms with van der Waals surface area (Å²) in [7, 11) is 0. The first-order valence-electron chi connectivity index (χ1n) is 8.79. The first-order chi connectivity index (χ1) is 13.2. The van der Waals surface area contributed by atoms with Gasteiger partial charge >= 0.3 is 0 Å². The first-order valence-corrected chi connectivity index (χ1v) is 8.79. The van der Waals surface area contributed by atoms with Crippen LogP contribution in [0.3, 0.4) is 0 Å². The zero-order chi connectivity index (χ0) is 18.8. The van der Waals surface area contributed by atoms with Crippen LogP contribution in [0, 0.1) is 25.2 Å². The number of nitriles is 1. The number of nitrogens with zero attached hydrogens (tertiary/aromatic N) is 4. The summed E-state index contributed by atoms with van der Waals surface area (Å²) in [6.45, 7) is 4.97. The van der Waals surface area contributed by atoms with E-state index in [4.69, 9.17) is 5.26 Å². The molecule has 0 atom stereocenters. The van der Waals surface area contributed by atoms with Crippen molar-refractivity contribution < 1.29 is 0 Å². The molecule has 132 valence electrons. The Morgan fingerprint density at radius 3 is 2.63 bits per heavy atom. The molecule has 0 saturated carbocycles. The molecule has 5 heteroatoms. The summed E-state index contributed by atoms with van der Waals surface area (Å²) in [6.07, 6.45) is 1.58. The van der Waals surface area contributed by atoms with Crippen molar-refractivity contribution in [1.29, 1.82) is 5.26 Å². The van der Waals surface area contributed by atoms with E-state index in [0.29, 0.717) is 5.56 Å². The lowest BCUT2D eigenvalue weighted by atomic mass is 10.2.